The lowest BCUT2D eigenvalue weighted by Crippen LogP contribution is -2.25. The molecule has 0 atom stereocenters. The van der Waals surface area contributed by atoms with E-state index in [-0.39, 0.29) is 25.4 Å². The summed E-state index contributed by atoms with van der Waals surface area (Å²) in [6.07, 6.45) is 0.147. The largest absolute Gasteiger partial charge is 0.493 e. The molecule has 0 radical (unpaired) electrons. The monoisotopic (exact) mass is 386 g/mol. The molecule has 8 heteroatoms. The highest BCUT2D eigenvalue weighted by Gasteiger charge is 2.14. The molecular weight excluding hydrogens is 364 g/mol. The zero-order valence-electron chi connectivity index (χ0n) is 16.0. The van der Waals surface area contributed by atoms with Gasteiger partial charge in [-0.3, -0.25) is 9.36 Å². The number of oxazole rings is 1. The molecule has 1 heterocycles. The minimum absolute atomic E-state index is 0.147. The molecule has 0 aliphatic carbocycles. The standard InChI is InChI=1S/C20H22N2O6/c1-25-16-10-13(11-17(26-2)19(16)27-3)12-21-18(23)8-9-22-14-6-4-5-7-15(14)28-20(22)24/h4-7,10-11H,8-9,12H2,1-3H3,(H,21,23). The first kappa shape index (κ1) is 19.3. The molecule has 148 valence electrons. The number of nitrogens with zero attached hydrogens (tertiary/aromatic N) is 1. The van der Waals surface area contributed by atoms with E-state index in [1.54, 1.807) is 30.3 Å². The zero-order chi connectivity index (χ0) is 20.1. The molecule has 0 unspecified atom stereocenters. The molecule has 0 saturated heterocycles. The molecule has 0 spiro atoms. The van der Waals surface area contributed by atoms with Crippen molar-refractivity contribution < 1.29 is 23.4 Å². The van der Waals surface area contributed by atoms with Crippen molar-refractivity contribution in [2.24, 2.45) is 0 Å². The second-order valence-electron chi connectivity index (χ2n) is 6.05. The van der Waals surface area contributed by atoms with E-state index in [1.807, 2.05) is 6.07 Å². The van der Waals surface area contributed by atoms with E-state index < -0.39 is 5.76 Å². The van der Waals surface area contributed by atoms with Gasteiger partial charge in [0, 0.05) is 19.5 Å². The number of aromatic nitrogens is 1. The summed E-state index contributed by atoms with van der Waals surface area (Å²) in [5.74, 6) is 0.862. The van der Waals surface area contributed by atoms with Crippen molar-refractivity contribution >= 4 is 17.0 Å². The highest BCUT2D eigenvalue weighted by atomic mass is 16.5. The number of carbonyl (C=O) groups excluding carboxylic acids is 1. The quantitative estimate of drug-likeness (QED) is 0.639. The van der Waals surface area contributed by atoms with Crippen molar-refractivity contribution in [3.63, 3.8) is 0 Å². The van der Waals surface area contributed by atoms with Crippen LogP contribution < -0.4 is 25.3 Å². The highest BCUT2D eigenvalue weighted by molar-refractivity contribution is 5.76. The van der Waals surface area contributed by atoms with E-state index in [4.69, 9.17) is 18.6 Å². The first-order chi connectivity index (χ1) is 13.6. The Morgan fingerprint density at radius 3 is 2.39 bits per heavy atom. The minimum atomic E-state index is -0.473. The van der Waals surface area contributed by atoms with Crippen LogP contribution in [0.15, 0.2) is 45.6 Å². The summed E-state index contributed by atoms with van der Waals surface area (Å²) in [4.78, 5) is 24.2. The Bertz CT molecular complexity index is 1010. The first-order valence-corrected chi connectivity index (χ1v) is 8.71. The third-order valence-electron chi connectivity index (χ3n) is 4.35. The molecule has 3 rings (SSSR count). The lowest BCUT2D eigenvalue weighted by molar-refractivity contribution is -0.121. The van der Waals surface area contributed by atoms with Gasteiger partial charge < -0.3 is 23.9 Å². The van der Waals surface area contributed by atoms with E-state index in [2.05, 4.69) is 5.32 Å². The maximum atomic E-state index is 12.2. The van der Waals surface area contributed by atoms with Crippen molar-refractivity contribution in [2.45, 2.75) is 19.5 Å². The van der Waals surface area contributed by atoms with Crippen molar-refractivity contribution in [1.82, 2.24) is 9.88 Å². The Morgan fingerprint density at radius 2 is 1.75 bits per heavy atom. The number of aryl methyl sites for hydroxylation is 1. The van der Waals surface area contributed by atoms with Crippen LogP contribution in [0.1, 0.15) is 12.0 Å². The van der Waals surface area contributed by atoms with Crippen LogP contribution in [0, 0.1) is 0 Å². The van der Waals surface area contributed by atoms with Crippen molar-refractivity contribution in [1.29, 1.82) is 0 Å². The predicted octanol–water partition coefficient (Wildman–Crippen LogP) is 2.33. The van der Waals surface area contributed by atoms with Gasteiger partial charge in [-0.25, -0.2) is 4.79 Å². The van der Waals surface area contributed by atoms with E-state index in [0.29, 0.717) is 28.3 Å². The SMILES string of the molecule is COc1cc(CNC(=O)CCn2c(=O)oc3ccccc32)cc(OC)c1OC. The zero-order valence-corrected chi connectivity index (χ0v) is 16.0. The molecule has 0 fully saturated rings. The van der Waals surface area contributed by atoms with Gasteiger partial charge in [-0.2, -0.15) is 0 Å². The fourth-order valence-electron chi connectivity index (χ4n) is 2.97. The van der Waals surface area contributed by atoms with Gasteiger partial charge in [-0.1, -0.05) is 12.1 Å². The molecule has 1 aromatic heterocycles. The number of nitrogens with one attached hydrogen (secondary N) is 1. The second-order valence-corrected chi connectivity index (χ2v) is 6.05. The fraction of sp³-hybridized carbons (Fsp3) is 0.300. The van der Waals surface area contributed by atoms with Gasteiger partial charge in [0.15, 0.2) is 17.1 Å². The Hall–Kier alpha value is -3.42. The van der Waals surface area contributed by atoms with Crippen LogP contribution in [-0.4, -0.2) is 31.8 Å². The Labute approximate surface area is 161 Å². The number of ether oxygens (including phenoxy) is 3. The second kappa shape index (κ2) is 8.51. The summed E-state index contributed by atoms with van der Waals surface area (Å²) in [5, 5.41) is 2.83. The molecular formula is C20H22N2O6. The van der Waals surface area contributed by atoms with Crippen LogP contribution >= 0.6 is 0 Å². The third-order valence-corrected chi connectivity index (χ3v) is 4.35. The average Bonchev–Trinajstić information content (AvgIpc) is 3.04. The number of methoxy groups -OCH3 is 3. The molecule has 0 aliphatic rings. The van der Waals surface area contributed by atoms with Gasteiger partial charge in [0.1, 0.15) is 0 Å². The summed E-state index contributed by atoms with van der Waals surface area (Å²) in [5.41, 5.74) is 1.98. The predicted molar refractivity (Wildman–Crippen MR) is 103 cm³/mol. The maximum absolute atomic E-state index is 12.2. The fourth-order valence-corrected chi connectivity index (χ4v) is 2.97. The summed E-state index contributed by atoms with van der Waals surface area (Å²) < 4.78 is 22.5. The molecule has 1 N–H and O–H groups in total. The number of hydrogen-bond acceptors (Lipinski definition) is 6. The lowest BCUT2D eigenvalue weighted by Gasteiger charge is -2.14. The van der Waals surface area contributed by atoms with E-state index >= 15 is 0 Å². The third kappa shape index (κ3) is 3.95. The minimum Gasteiger partial charge on any atom is -0.493 e. The summed E-state index contributed by atoms with van der Waals surface area (Å²) in [7, 11) is 4.60. The van der Waals surface area contributed by atoms with Crippen LogP contribution in [0.2, 0.25) is 0 Å². The van der Waals surface area contributed by atoms with Crippen LogP contribution in [0.4, 0.5) is 0 Å². The maximum Gasteiger partial charge on any atom is 0.419 e. The van der Waals surface area contributed by atoms with Gasteiger partial charge in [-0.15, -0.1) is 0 Å². The van der Waals surface area contributed by atoms with Crippen LogP contribution in [0.5, 0.6) is 17.2 Å². The first-order valence-electron chi connectivity index (χ1n) is 8.71. The van der Waals surface area contributed by atoms with Crippen molar-refractivity contribution in [3.8, 4) is 17.2 Å². The normalized spacial score (nSPS) is 10.7. The van der Waals surface area contributed by atoms with Gasteiger partial charge in [0.2, 0.25) is 11.7 Å². The molecule has 8 nitrogen and oxygen atoms in total. The molecule has 0 saturated carbocycles. The van der Waals surface area contributed by atoms with Gasteiger partial charge >= 0.3 is 5.76 Å². The summed E-state index contributed by atoms with van der Waals surface area (Å²) in [6.45, 7) is 0.521. The van der Waals surface area contributed by atoms with Crippen molar-refractivity contribution in [3.05, 3.63) is 52.5 Å². The van der Waals surface area contributed by atoms with E-state index in [0.717, 1.165) is 5.56 Å². The number of hydrogen-bond donors (Lipinski definition) is 1. The molecule has 2 aromatic carbocycles. The van der Waals surface area contributed by atoms with E-state index in [9.17, 15) is 9.59 Å². The molecule has 0 bridgehead atoms. The Kier molecular flexibility index (Phi) is 5.88. The number of carbonyl (C=O) groups is 1. The summed E-state index contributed by atoms with van der Waals surface area (Å²) in [6, 6.07) is 10.7. The number of amides is 1. The van der Waals surface area contributed by atoms with Crippen molar-refractivity contribution in [2.75, 3.05) is 21.3 Å². The molecule has 3 aromatic rings. The number of para-hydroxylation sites is 2. The Balaban J connectivity index is 1.64. The van der Waals surface area contributed by atoms with E-state index in [1.165, 1.54) is 25.9 Å². The van der Waals surface area contributed by atoms with Gasteiger partial charge in [0.25, 0.3) is 0 Å². The van der Waals surface area contributed by atoms with Gasteiger partial charge in [-0.05, 0) is 29.8 Å². The highest BCUT2D eigenvalue weighted by Crippen LogP contribution is 2.38. The average molecular weight is 386 g/mol. The van der Waals surface area contributed by atoms with Crippen LogP contribution in [-0.2, 0) is 17.9 Å². The van der Waals surface area contributed by atoms with Crippen LogP contribution in [0.3, 0.4) is 0 Å². The molecule has 1 amide bonds. The Morgan fingerprint density at radius 1 is 1.07 bits per heavy atom. The number of rotatable bonds is 8. The number of benzene rings is 2. The topological polar surface area (TPSA) is 91.9 Å². The summed E-state index contributed by atoms with van der Waals surface area (Å²) >= 11 is 0. The van der Waals surface area contributed by atoms with Gasteiger partial charge in [0.05, 0.1) is 26.8 Å². The smallest absolute Gasteiger partial charge is 0.419 e. The molecule has 28 heavy (non-hydrogen) atoms. The van der Waals surface area contributed by atoms with Crippen LogP contribution in [0.25, 0.3) is 11.1 Å². The molecule has 0 aliphatic heterocycles. The number of fused-ring (bicyclic) bond motifs is 1. The lowest BCUT2D eigenvalue weighted by atomic mass is 10.1.